The van der Waals surface area contributed by atoms with Gasteiger partial charge in [-0.3, -0.25) is 14.4 Å². The van der Waals surface area contributed by atoms with E-state index in [4.69, 9.17) is 14.2 Å². The van der Waals surface area contributed by atoms with E-state index in [1.165, 1.54) is 141 Å². The summed E-state index contributed by atoms with van der Waals surface area (Å²) in [4.78, 5) is 38.1. The molecule has 0 aliphatic heterocycles. The monoisotopic (exact) mass is 1040 g/mol. The summed E-state index contributed by atoms with van der Waals surface area (Å²) < 4.78 is 16.8. The van der Waals surface area contributed by atoms with Crippen molar-refractivity contribution in [2.75, 3.05) is 13.2 Å². The maximum atomic E-state index is 12.8. The van der Waals surface area contributed by atoms with E-state index in [1.54, 1.807) is 0 Å². The van der Waals surface area contributed by atoms with Crippen LogP contribution in [0.3, 0.4) is 0 Å². The van der Waals surface area contributed by atoms with Gasteiger partial charge >= 0.3 is 17.9 Å². The minimum Gasteiger partial charge on any atom is -0.462 e. The fraction of sp³-hybridized carbons (Fsp3) is 0.696. The molecule has 0 radical (unpaired) electrons. The lowest BCUT2D eigenvalue weighted by molar-refractivity contribution is -0.166. The van der Waals surface area contributed by atoms with Crippen molar-refractivity contribution >= 4 is 17.9 Å². The highest BCUT2D eigenvalue weighted by Crippen LogP contribution is 2.16. The molecule has 0 aromatic heterocycles. The zero-order valence-electron chi connectivity index (χ0n) is 49.0. The van der Waals surface area contributed by atoms with Crippen LogP contribution in [0.15, 0.2) is 109 Å². The molecule has 1 unspecified atom stereocenters. The van der Waals surface area contributed by atoms with Crippen LogP contribution in [0.5, 0.6) is 0 Å². The lowest BCUT2D eigenvalue weighted by atomic mass is 10.0. The molecule has 428 valence electrons. The number of ether oxygens (including phenoxy) is 3. The quantitative estimate of drug-likeness (QED) is 0.0261. The molecule has 0 fully saturated rings. The van der Waals surface area contributed by atoms with E-state index in [9.17, 15) is 14.4 Å². The Morgan fingerprint density at radius 2 is 0.547 bits per heavy atom. The van der Waals surface area contributed by atoms with E-state index < -0.39 is 12.1 Å². The summed E-state index contributed by atoms with van der Waals surface area (Å²) in [6.45, 7) is 6.31. The molecule has 0 amide bonds. The van der Waals surface area contributed by atoms with Crippen molar-refractivity contribution in [1.82, 2.24) is 0 Å². The molecule has 0 aromatic rings. The first-order valence-corrected chi connectivity index (χ1v) is 31.4. The number of allylic oxidation sites excluding steroid dienone is 18. The molecule has 6 nitrogen and oxygen atoms in total. The van der Waals surface area contributed by atoms with E-state index in [-0.39, 0.29) is 31.6 Å². The van der Waals surface area contributed by atoms with Crippen LogP contribution in [0.2, 0.25) is 0 Å². The fourth-order valence-corrected chi connectivity index (χ4v) is 8.61. The van der Waals surface area contributed by atoms with Gasteiger partial charge in [0, 0.05) is 19.3 Å². The van der Waals surface area contributed by atoms with Gasteiger partial charge in [-0.15, -0.1) is 0 Å². The molecule has 0 heterocycles. The standard InChI is InChI=1S/C69H116O6/c1-4-7-10-13-16-19-22-24-25-26-27-28-29-30-31-32-33-34-35-36-37-38-39-40-41-42-43-45-47-50-53-56-59-62-68(71)74-65-66(64-73-67(70)61-58-55-52-49-46-21-18-15-12-9-6-3)75-69(72)63-60-57-54-51-48-44-23-20-17-14-11-8-5-2/h7-8,10-11,15-20,24-25,27-28,44,48,54,57,66H,4-6,9,12-14,21-23,26,29-43,45-47,49-53,55-56,58-65H2,1-3H3/b10-7-,11-8-,18-15-,19-16-,20-17-,25-24-,28-27-,48-44-,57-54-. The summed E-state index contributed by atoms with van der Waals surface area (Å²) in [5.74, 6) is -0.995. The number of unbranched alkanes of at least 4 members (excludes halogenated alkanes) is 27. The van der Waals surface area contributed by atoms with Crippen molar-refractivity contribution < 1.29 is 28.6 Å². The lowest BCUT2D eigenvalue weighted by Gasteiger charge is -2.18. The van der Waals surface area contributed by atoms with E-state index in [1.807, 2.05) is 12.2 Å². The van der Waals surface area contributed by atoms with E-state index in [0.29, 0.717) is 19.3 Å². The molecule has 0 saturated carbocycles. The topological polar surface area (TPSA) is 78.9 Å². The number of hydrogen-bond acceptors (Lipinski definition) is 6. The predicted molar refractivity (Wildman–Crippen MR) is 325 cm³/mol. The summed E-state index contributed by atoms with van der Waals surface area (Å²) in [6, 6.07) is 0. The Hall–Kier alpha value is -3.93. The van der Waals surface area contributed by atoms with Gasteiger partial charge in [0.25, 0.3) is 0 Å². The molecule has 0 N–H and O–H groups in total. The van der Waals surface area contributed by atoms with Crippen LogP contribution in [0.25, 0.3) is 0 Å². The Bertz CT molecular complexity index is 1520. The maximum Gasteiger partial charge on any atom is 0.306 e. The van der Waals surface area contributed by atoms with Crippen molar-refractivity contribution in [3.63, 3.8) is 0 Å². The average Bonchev–Trinajstić information content (AvgIpc) is 3.41. The minimum absolute atomic E-state index is 0.107. The number of esters is 3. The van der Waals surface area contributed by atoms with Gasteiger partial charge < -0.3 is 14.2 Å². The van der Waals surface area contributed by atoms with Crippen molar-refractivity contribution in [3.8, 4) is 0 Å². The third-order valence-electron chi connectivity index (χ3n) is 13.3. The summed E-state index contributed by atoms with van der Waals surface area (Å²) in [5, 5.41) is 0. The molecular formula is C69H116O6. The van der Waals surface area contributed by atoms with E-state index >= 15 is 0 Å². The van der Waals surface area contributed by atoms with Crippen LogP contribution in [-0.4, -0.2) is 37.2 Å². The minimum atomic E-state index is -0.818. The third-order valence-corrected chi connectivity index (χ3v) is 13.3. The molecule has 6 heteroatoms. The SMILES string of the molecule is CC/C=C\C/C=C\C/C=C\C/C=C\CCCCCCCCCCCCCCCCCCCCCCC(=O)OCC(COC(=O)CCCCCCC/C=C\CCCC)OC(=O)CC/C=C\C/C=C\C/C=C\C/C=C\CC. The molecule has 0 bridgehead atoms. The molecule has 0 spiro atoms. The highest BCUT2D eigenvalue weighted by Gasteiger charge is 2.19. The van der Waals surface area contributed by atoms with E-state index in [0.717, 1.165) is 103 Å². The first-order valence-electron chi connectivity index (χ1n) is 31.4. The van der Waals surface area contributed by atoms with Crippen LogP contribution >= 0.6 is 0 Å². The number of carbonyl (C=O) groups is 3. The van der Waals surface area contributed by atoms with Crippen molar-refractivity contribution in [2.45, 2.75) is 297 Å². The fourth-order valence-electron chi connectivity index (χ4n) is 8.61. The molecule has 0 aliphatic rings. The summed E-state index contributed by atoms with van der Waals surface area (Å²) in [6.07, 6.45) is 85.7. The molecule has 0 aliphatic carbocycles. The molecule has 75 heavy (non-hydrogen) atoms. The van der Waals surface area contributed by atoms with Gasteiger partial charge in [0.15, 0.2) is 6.10 Å². The Kier molecular flexibility index (Phi) is 59.3. The van der Waals surface area contributed by atoms with E-state index in [2.05, 4.69) is 118 Å². The Balaban J connectivity index is 4.11. The van der Waals surface area contributed by atoms with Crippen LogP contribution < -0.4 is 0 Å². The van der Waals surface area contributed by atoms with Gasteiger partial charge in [-0.25, -0.2) is 0 Å². The summed E-state index contributed by atoms with van der Waals surface area (Å²) in [5.41, 5.74) is 0. The highest BCUT2D eigenvalue weighted by molar-refractivity contribution is 5.71. The highest BCUT2D eigenvalue weighted by atomic mass is 16.6. The van der Waals surface area contributed by atoms with Gasteiger partial charge in [-0.1, -0.05) is 278 Å². The Morgan fingerprint density at radius 3 is 0.880 bits per heavy atom. The van der Waals surface area contributed by atoms with Gasteiger partial charge in [0.1, 0.15) is 13.2 Å². The van der Waals surface area contributed by atoms with Gasteiger partial charge in [0.05, 0.1) is 0 Å². The van der Waals surface area contributed by atoms with Gasteiger partial charge in [-0.05, 0) is 103 Å². The smallest absolute Gasteiger partial charge is 0.306 e. The second-order valence-electron chi connectivity index (χ2n) is 20.5. The number of hydrogen-bond donors (Lipinski definition) is 0. The number of carbonyl (C=O) groups excluding carboxylic acids is 3. The summed E-state index contributed by atoms with van der Waals surface area (Å²) in [7, 11) is 0. The third kappa shape index (κ3) is 60.8. The van der Waals surface area contributed by atoms with Crippen molar-refractivity contribution in [1.29, 1.82) is 0 Å². The van der Waals surface area contributed by atoms with Gasteiger partial charge in [0.2, 0.25) is 0 Å². The molecule has 0 rings (SSSR count). The second kappa shape index (κ2) is 62.6. The number of rotatable bonds is 56. The Morgan fingerprint density at radius 1 is 0.280 bits per heavy atom. The lowest BCUT2D eigenvalue weighted by Crippen LogP contribution is -2.30. The van der Waals surface area contributed by atoms with Crippen LogP contribution in [0, 0.1) is 0 Å². The zero-order chi connectivity index (χ0) is 54.3. The predicted octanol–water partition coefficient (Wildman–Crippen LogP) is 21.4. The largest absolute Gasteiger partial charge is 0.462 e. The Labute approximate surface area is 463 Å². The van der Waals surface area contributed by atoms with Gasteiger partial charge in [-0.2, -0.15) is 0 Å². The molecule has 0 saturated heterocycles. The summed E-state index contributed by atoms with van der Waals surface area (Å²) >= 11 is 0. The van der Waals surface area contributed by atoms with Crippen molar-refractivity contribution in [2.24, 2.45) is 0 Å². The average molecular weight is 1040 g/mol. The normalized spacial score (nSPS) is 12.8. The zero-order valence-corrected chi connectivity index (χ0v) is 49.0. The second-order valence-corrected chi connectivity index (χ2v) is 20.5. The van der Waals surface area contributed by atoms with Crippen LogP contribution in [-0.2, 0) is 28.6 Å². The molecule has 0 aromatic carbocycles. The maximum absolute atomic E-state index is 12.8. The van der Waals surface area contributed by atoms with Crippen molar-refractivity contribution in [3.05, 3.63) is 109 Å². The molecular weight excluding hydrogens is 925 g/mol. The molecule has 1 atom stereocenters. The van der Waals surface area contributed by atoms with Crippen LogP contribution in [0.4, 0.5) is 0 Å². The van der Waals surface area contributed by atoms with Crippen LogP contribution in [0.1, 0.15) is 290 Å². The first-order chi connectivity index (χ1) is 37.0. The first kappa shape index (κ1) is 71.1.